The molecule has 2 nitrogen and oxygen atoms in total. The highest BCUT2D eigenvalue weighted by atomic mass is 32.1. The fraction of sp³-hybridized carbons (Fsp3) is 0.133. The van der Waals surface area contributed by atoms with Crippen LogP contribution in [-0.4, -0.2) is 12.0 Å². The van der Waals surface area contributed by atoms with Gasteiger partial charge in [0, 0.05) is 12.7 Å². The summed E-state index contributed by atoms with van der Waals surface area (Å²) >= 11 is 4.94. The third-order valence-electron chi connectivity index (χ3n) is 2.99. The van der Waals surface area contributed by atoms with E-state index in [1.54, 1.807) is 12.1 Å². The zero-order valence-corrected chi connectivity index (χ0v) is 11.7. The van der Waals surface area contributed by atoms with Gasteiger partial charge in [0.25, 0.3) is 0 Å². The lowest BCUT2D eigenvalue weighted by Gasteiger charge is -2.23. The lowest BCUT2D eigenvalue weighted by molar-refractivity contribution is 0.625. The van der Waals surface area contributed by atoms with Gasteiger partial charge < -0.3 is 10.6 Å². The number of hydrogen-bond donors (Lipinski definition) is 1. The molecular weight excluding hydrogens is 259 g/mol. The van der Waals surface area contributed by atoms with Crippen molar-refractivity contribution in [3.63, 3.8) is 0 Å². The molecule has 0 heterocycles. The van der Waals surface area contributed by atoms with E-state index in [2.05, 4.69) is 0 Å². The quantitative estimate of drug-likeness (QED) is 0.868. The molecule has 0 aliphatic rings. The van der Waals surface area contributed by atoms with Crippen LogP contribution in [0.2, 0.25) is 0 Å². The molecule has 0 aromatic heterocycles. The van der Waals surface area contributed by atoms with Crippen molar-refractivity contribution in [1.82, 2.24) is 0 Å². The predicted molar refractivity (Wildman–Crippen MR) is 81.5 cm³/mol. The molecule has 0 fully saturated rings. The molecule has 0 spiro atoms. The van der Waals surface area contributed by atoms with E-state index in [4.69, 9.17) is 18.0 Å². The van der Waals surface area contributed by atoms with E-state index >= 15 is 0 Å². The summed E-state index contributed by atoms with van der Waals surface area (Å²) < 4.78 is 13.9. The summed E-state index contributed by atoms with van der Waals surface area (Å²) in [4.78, 5) is 1.94. The van der Waals surface area contributed by atoms with Crippen LogP contribution in [0.5, 0.6) is 0 Å². The van der Waals surface area contributed by atoms with Crippen molar-refractivity contribution >= 4 is 28.6 Å². The van der Waals surface area contributed by atoms with Crippen LogP contribution in [0.3, 0.4) is 0 Å². The second-order valence-electron chi connectivity index (χ2n) is 4.40. The summed E-state index contributed by atoms with van der Waals surface area (Å²) in [5.41, 5.74) is 8.67. The van der Waals surface area contributed by atoms with Crippen LogP contribution in [0, 0.1) is 12.7 Å². The predicted octanol–water partition coefficient (Wildman–Crippen LogP) is 3.54. The van der Waals surface area contributed by atoms with Gasteiger partial charge >= 0.3 is 0 Å². The lowest BCUT2D eigenvalue weighted by atomic mass is 10.1. The number of rotatable bonds is 3. The molecule has 19 heavy (non-hydrogen) atoms. The second kappa shape index (κ2) is 5.36. The van der Waals surface area contributed by atoms with Crippen LogP contribution >= 0.6 is 12.2 Å². The Balaban J connectivity index is 2.53. The first-order valence-corrected chi connectivity index (χ1v) is 6.30. The smallest absolute Gasteiger partial charge is 0.135 e. The topological polar surface area (TPSA) is 29.3 Å². The van der Waals surface area contributed by atoms with Gasteiger partial charge in [-0.3, -0.25) is 0 Å². The average molecular weight is 274 g/mol. The number of halogens is 1. The molecule has 2 aromatic carbocycles. The minimum Gasteiger partial charge on any atom is -0.389 e. The second-order valence-corrected chi connectivity index (χ2v) is 4.84. The van der Waals surface area contributed by atoms with Crippen LogP contribution in [0.25, 0.3) is 0 Å². The molecule has 0 aliphatic carbocycles. The lowest BCUT2D eigenvalue weighted by Crippen LogP contribution is -2.19. The average Bonchev–Trinajstić information content (AvgIpc) is 2.37. The maximum atomic E-state index is 13.9. The third-order valence-corrected chi connectivity index (χ3v) is 3.19. The number of nitrogens with zero attached hydrogens (tertiary/aromatic N) is 1. The Morgan fingerprint density at radius 2 is 1.89 bits per heavy atom. The van der Waals surface area contributed by atoms with Gasteiger partial charge in [-0.15, -0.1) is 0 Å². The van der Waals surface area contributed by atoms with E-state index in [9.17, 15) is 4.39 Å². The monoisotopic (exact) mass is 274 g/mol. The van der Waals surface area contributed by atoms with Crippen LogP contribution in [0.15, 0.2) is 42.5 Å². The van der Waals surface area contributed by atoms with Gasteiger partial charge in [-0.25, -0.2) is 4.39 Å². The highest BCUT2D eigenvalue weighted by molar-refractivity contribution is 7.80. The zero-order chi connectivity index (χ0) is 14.0. The third kappa shape index (κ3) is 2.74. The summed E-state index contributed by atoms with van der Waals surface area (Å²) in [5, 5.41) is 0. The van der Waals surface area contributed by atoms with E-state index < -0.39 is 5.82 Å². The number of nitrogens with two attached hydrogens (primary N) is 1. The maximum Gasteiger partial charge on any atom is 0.135 e. The summed E-state index contributed by atoms with van der Waals surface area (Å²) in [6.07, 6.45) is 0. The first-order valence-electron chi connectivity index (χ1n) is 5.89. The number of anilines is 2. The van der Waals surface area contributed by atoms with Crippen molar-refractivity contribution in [2.45, 2.75) is 6.92 Å². The molecule has 2 N–H and O–H groups in total. The van der Waals surface area contributed by atoms with E-state index in [0.29, 0.717) is 5.69 Å². The van der Waals surface area contributed by atoms with Gasteiger partial charge in [0.05, 0.1) is 11.3 Å². The minimum atomic E-state index is -0.399. The van der Waals surface area contributed by atoms with Crippen molar-refractivity contribution in [2.75, 3.05) is 11.9 Å². The van der Waals surface area contributed by atoms with Crippen molar-refractivity contribution in [1.29, 1.82) is 0 Å². The van der Waals surface area contributed by atoms with Gasteiger partial charge in [-0.05, 0) is 36.8 Å². The normalized spacial score (nSPS) is 10.3. The molecule has 0 atom stereocenters. The highest BCUT2D eigenvalue weighted by Crippen LogP contribution is 2.29. The minimum absolute atomic E-state index is 0.0626. The molecule has 0 bridgehead atoms. The molecule has 98 valence electrons. The highest BCUT2D eigenvalue weighted by Gasteiger charge is 2.15. The molecule has 0 aliphatic heterocycles. The number of aryl methyl sites for hydroxylation is 1. The molecule has 2 rings (SSSR count). The summed E-state index contributed by atoms with van der Waals surface area (Å²) in [6.45, 7) is 2.01. The van der Waals surface area contributed by atoms with Gasteiger partial charge in [0.2, 0.25) is 0 Å². The molecule has 0 amide bonds. The van der Waals surface area contributed by atoms with Crippen LogP contribution in [0.4, 0.5) is 15.8 Å². The van der Waals surface area contributed by atoms with Crippen molar-refractivity contribution in [2.24, 2.45) is 5.73 Å². The van der Waals surface area contributed by atoms with Crippen LogP contribution in [-0.2, 0) is 0 Å². The molecule has 4 heteroatoms. The van der Waals surface area contributed by atoms with Crippen molar-refractivity contribution < 1.29 is 4.39 Å². The summed E-state index contributed by atoms with van der Waals surface area (Å²) in [6, 6.07) is 12.8. The van der Waals surface area contributed by atoms with Gasteiger partial charge in [-0.2, -0.15) is 0 Å². The summed E-state index contributed by atoms with van der Waals surface area (Å²) in [5.74, 6) is -0.399. The molecule has 2 aromatic rings. The van der Waals surface area contributed by atoms with Crippen LogP contribution < -0.4 is 10.6 Å². The Morgan fingerprint density at radius 3 is 2.53 bits per heavy atom. The first kappa shape index (κ1) is 13.5. The van der Waals surface area contributed by atoms with E-state index in [-0.39, 0.29) is 10.6 Å². The fourth-order valence-corrected chi connectivity index (χ4v) is 2.21. The standard InChI is InChI=1S/C15H15FN2S/c1-10-5-3-6-11(9-10)18(2)13-8-4-7-12(16)14(13)15(17)19/h3-9H,1-2H3,(H2,17,19). The summed E-state index contributed by atoms with van der Waals surface area (Å²) in [7, 11) is 1.87. The fourth-order valence-electron chi connectivity index (χ4n) is 2.01. The molecule has 0 radical (unpaired) electrons. The van der Waals surface area contributed by atoms with Gasteiger partial charge in [0.1, 0.15) is 10.8 Å². The van der Waals surface area contributed by atoms with E-state index in [1.165, 1.54) is 6.07 Å². The molecule has 0 unspecified atom stereocenters. The maximum absolute atomic E-state index is 13.9. The van der Waals surface area contributed by atoms with Gasteiger partial charge in [-0.1, -0.05) is 30.4 Å². The Bertz CT molecular complexity index is 625. The Morgan fingerprint density at radius 1 is 1.21 bits per heavy atom. The number of hydrogen-bond acceptors (Lipinski definition) is 2. The van der Waals surface area contributed by atoms with Crippen molar-refractivity contribution in [3.8, 4) is 0 Å². The molecule has 0 saturated heterocycles. The Kier molecular flexibility index (Phi) is 3.81. The number of benzene rings is 2. The molecule has 0 saturated carbocycles. The van der Waals surface area contributed by atoms with E-state index in [0.717, 1.165) is 11.3 Å². The Hall–Kier alpha value is -1.94. The zero-order valence-electron chi connectivity index (χ0n) is 10.9. The van der Waals surface area contributed by atoms with Gasteiger partial charge in [0.15, 0.2) is 0 Å². The SMILES string of the molecule is Cc1cccc(N(C)c2cccc(F)c2C(N)=S)c1. The molecular formula is C15H15FN2S. The van der Waals surface area contributed by atoms with Crippen molar-refractivity contribution in [3.05, 3.63) is 59.4 Å². The number of thiocarbonyl (C=S) groups is 1. The van der Waals surface area contributed by atoms with E-state index in [1.807, 2.05) is 43.1 Å². The van der Waals surface area contributed by atoms with Crippen LogP contribution in [0.1, 0.15) is 11.1 Å². The first-order chi connectivity index (χ1) is 9.00. The largest absolute Gasteiger partial charge is 0.389 e. The Labute approximate surface area is 117 Å².